The van der Waals surface area contributed by atoms with Crippen molar-refractivity contribution in [1.29, 1.82) is 0 Å². The van der Waals surface area contributed by atoms with E-state index in [1.807, 2.05) is 17.2 Å². The lowest BCUT2D eigenvalue weighted by Gasteiger charge is -2.36. The van der Waals surface area contributed by atoms with E-state index >= 15 is 0 Å². The van der Waals surface area contributed by atoms with Crippen LogP contribution < -0.4 is 4.90 Å². The molecule has 2 aromatic heterocycles. The van der Waals surface area contributed by atoms with Crippen molar-refractivity contribution in [2.75, 3.05) is 31.1 Å². The number of nitrogens with one attached hydrogen (secondary N) is 1. The standard InChI is InChI=1S/C23H25ClN4O/c1-2-15-3-6-17(19(24)13-15)20-14-18-21(7-8-25-22(18)26-20)27-9-11-28(12-10-27)23(29)16-4-5-16/h3,6-8,13-14,16H,2,4-5,9-12H2,1H3,(H,25,26). The number of carbonyl (C=O) groups excluding carboxylic acids is 1. The van der Waals surface area contributed by atoms with E-state index in [4.69, 9.17) is 11.6 Å². The number of aromatic amines is 1. The fourth-order valence-corrected chi connectivity index (χ4v) is 4.49. The van der Waals surface area contributed by atoms with Gasteiger partial charge in [-0.05, 0) is 43.0 Å². The molecule has 0 bridgehead atoms. The topological polar surface area (TPSA) is 52.2 Å². The number of pyridine rings is 1. The Morgan fingerprint density at radius 3 is 2.66 bits per heavy atom. The number of nitrogens with zero attached hydrogens (tertiary/aromatic N) is 3. The van der Waals surface area contributed by atoms with Crippen molar-refractivity contribution in [2.45, 2.75) is 26.2 Å². The lowest BCUT2D eigenvalue weighted by molar-refractivity contribution is -0.132. The number of hydrogen-bond acceptors (Lipinski definition) is 3. The minimum absolute atomic E-state index is 0.297. The molecule has 1 amide bonds. The van der Waals surface area contributed by atoms with Crippen LogP contribution in [0.25, 0.3) is 22.3 Å². The van der Waals surface area contributed by atoms with Gasteiger partial charge in [-0.25, -0.2) is 4.98 Å². The summed E-state index contributed by atoms with van der Waals surface area (Å²) in [5.74, 6) is 0.642. The summed E-state index contributed by atoms with van der Waals surface area (Å²) >= 11 is 6.55. The van der Waals surface area contributed by atoms with Crippen molar-refractivity contribution in [3.63, 3.8) is 0 Å². The van der Waals surface area contributed by atoms with E-state index in [-0.39, 0.29) is 0 Å². The van der Waals surface area contributed by atoms with Crippen LogP contribution in [0.15, 0.2) is 36.5 Å². The second kappa shape index (κ2) is 7.38. The van der Waals surface area contributed by atoms with E-state index in [0.717, 1.165) is 78.4 Å². The quantitative estimate of drug-likeness (QED) is 0.691. The Bertz CT molecular complexity index is 1060. The SMILES string of the molecule is CCc1ccc(-c2cc3c(N4CCN(C(=O)C5CC5)CC4)ccnc3[nH]2)c(Cl)c1. The number of fused-ring (bicyclic) bond motifs is 1. The summed E-state index contributed by atoms with van der Waals surface area (Å²) in [5.41, 5.74) is 5.23. The van der Waals surface area contributed by atoms with Gasteiger partial charge in [0.2, 0.25) is 5.91 Å². The van der Waals surface area contributed by atoms with E-state index in [1.165, 1.54) is 5.56 Å². The van der Waals surface area contributed by atoms with Gasteiger partial charge in [0.15, 0.2) is 0 Å². The summed E-state index contributed by atoms with van der Waals surface area (Å²) < 4.78 is 0. The predicted molar refractivity (Wildman–Crippen MR) is 117 cm³/mol. The normalized spacial score (nSPS) is 17.2. The molecule has 0 spiro atoms. The molecule has 1 N–H and O–H groups in total. The van der Waals surface area contributed by atoms with E-state index < -0.39 is 0 Å². The molecule has 1 aromatic carbocycles. The molecule has 5 rings (SSSR count). The monoisotopic (exact) mass is 408 g/mol. The zero-order valence-corrected chi connectivity index (χ0v) is 17.4. The van der Waals surface area contributed by atoms with Crippen LogP contribution in [0.5, 0.6) is 0 Å². The van der Waals surface area contributed by atoms with Crippen molar-refractivity contribution >= 4 is 34.2 Å². The average Bonchev–Trinajstić information content (AvgIpc) is 3.51. The van der Waals surface area contributed by atoms with Crippen molar-refractivity contribution in [3.8, 4) is 11.3 Å². The summed E-state index contributed by atoms with van der Waals surface area (Å²) in [4.78, 5) is 24.7. The Balaban J connectivity index is 1.42. The predicted octanol–water partition coefficient (Wildman–Crippen LogP) is 4.50. The zero-order chi connectivity index (χ0) is 20.0. The molecular formula is C23H25ClN4O. The van der Waals surface area contributed by atoms with E-state index in [1.54, 1.807) is 0 Å². The maximum absolute atomic E-state index is 12.3. The average molecular weight is 409 g/mol. The molecule has 3 heterocycles. The number of hydrogen-bond donors (Lipinski definition) is 1. The number of aryl methyl sites for hydroxylation is 1. The van der Waals surface area contributed by atoms with Crippen LogP contribution in [-0.2, 0) is 11.2 Å². The van der Waals surface area contributed by atoms with Gasteiger partial charge in [-0.2, -0.15) is 0 Å². The van der Waals surface area contributed by atoms with E-state index in [9.17, 15) is 4.79 Å². The smallest absolute Gasteiger partial charge is 0.225 e. The molecule has 3 aromatic rings. The van der Waals surface area contributed by atoms with Crippen molar-refractivity contribution in [2.24, 2.45) is 5.92 Å². The molecular weight excluding hydrogens is 384 g/mol. The molecule has 5 nitrogen and oxygen atoms in total. The van der Waals surface area contributed by atoms with Gasteiger partial charge in [-0.15, -0.1) is 0 Å². The molecule has 2 fully saturated rings. The van der Waals surface area contributed by atoms with Gasteiger partial charge in [0, 0.05) is 60.6 Å². The molecule has 6 heteroatoms. The molecule has 2 aliphatic rings. The van der Waals surface area contributed by atoms with Crippen LogP contribution >= 0.6 is 11.6 Å². The highest BCUT2D eigenvalue weighted by atomic mass is 35.5. The maximum atomic E-state index is 12.3. The number of carbonyl (C=O) groups is 1. The summed E-state index contributed by atoms with van der Waals surface area (Å²) in [6.07, 6.45) is 4.95. The summed E-state index contributed by atoms with van der Waals surface area (Å²) in [5, 5.41) is 1.85. The first-order valence-electron chi connectivity index (χ1n) is 10.4. The van der Waals surface area contributed by atoms with Crippen molar-refractivity contribution < 1.29 is 4.79 Å². The van der Waals surface area contributed by atoms with Gasteiger partial charge in [0.25, 0.3) is 0 Å². The number of rotatable bonds is 4. The molecule has 0 radical (unpaired) electrons. The lowest BCUT2D eigenvalue weighted by atomic mass is 10.1. The molecule has 29 heavy (non-hydrogen) atoms. The maximum Gasteiger partial charge on any atom is 0.225 e. The van der Waals surface area contributed by atoms with Crippen LogP contribution in [0.4, 0.5) is 5.69 Å². The van der Waals surface area contributed by atoms with Gasteiger partial charge in [-0.3, -0.25) is 4.79 Å². The Hall–Kier alpha value is -2.53. The zero-order valence-electron chi connectivity index (χ0n) is 16.6. The molecule has 1 aliphatic carbocycles. The summed E-state index contributed by atoms with van der Waals surface area (Å²) in [6.45, 7) is 5.41. The van der Waals surface area contributed by atoms with Crippen LogP contribution in [0.2, 0.25) is 5.02 Å². The lowest BCUT2D eigenvalue weighted by Crippen LogP contribution is -2.49. The van der Waals surface area contributed by atoms with Crippen LogP contribution in [0.1, 0.15) is 25.3 Å². The Kier molecular flexibility index (Phi) is 4.70. The Morgan fingerprint density at radius 2 is 1.97 bits per heavy atom. The first-order valence-corrected chi connectivity index (χ1v) is 10.8. The highest BCUT2D eigenvalue weighted by Gasteiger charge is 2.34. The second-order valence-corrected chi connectivity index (χ2v) is 8.44. The van der Waals surface area contributed by atoms with E-state index in [0.29, 0.717) is 11.8 Å². The molecule has 150 valence electrons. The molecule has 1 saturated heterocycles. The van der Waals surface area contributed by atoms with Gasteiger partial charge < -0.3 is 14.8 Å². The first-order chi connectivity index (χ1) is 14.1. The summed E-state index contributed by atoms with van der Waals surface area (Å²) in [7, 11) is 0. The third kappa shape index (κ3) is 3.48. The number of amides is 1. The first kappa shape index (κ1) is 18.5. The Morgan fingerprint density at radius 1 is 1.17 bits per heavy atom. The van der Waals surface area contributed by atoms with Crippen LogP contribution in [0.3, 0.4) is 0 Å². The highest BCUT2D eigenvalue weighted by Crippen LogP contribution is 2.35. The number of H-pyrrole nitrogens is 1. The highest BCUT2D eigenvalue weighted by molar-refractivity contribution is 6.33. The molecule has 0 unspecified atom stereocenters. The van der Waals surface area contributed by atoms with Crippen LogP contribution in [0, 0.1) is 5.92 Å². The van der Waals surface area contributed by atoms with E-state index in [2.05, 4.69) is 46.1 Å². The number of halogens is 1. The fourth-order valence-electron chi connectivity index (χ4n) is 4.19. The Labute approximate surface area is 175 Å². The minimum Gasteiger partial charge on any atom is -0.367 e. The van der Waals surface area contributed by atoms with Crippen LogP contribution in [-0.4, -0.2) is 47.0 Å². The van der Waals surface area contributed by atoms with Gasteiger partial charge in [0.05, 0.1) is 5.02 Å². The van der Waals surface area contributed by atoms with Gasteiger partial charge in [0.1, 0.15) is 5.65 Å². The molecule has 1 saturated carbocycles. The number of piperazine rings is 1. The largest absolute Gasteiger partial charge is 0.367 e. The van der Waals surface area contributed by atoms with Gasteiger partial charge >= 0.3 is 0 Å². The third-order valence-corrected chi connectivity index (χ3v) is 6.41. The number of anilines is 1. The number of benzene rings is 1. The van der Waals surface area contributed by atoms with Crippen molar-refractivity contribution in [3.05, 3.63) is 47.1 Å². The molecule has 0 atom stereocenters. The third-order valence-electron chi connectivity index (χ3n) is 6.10. The van der Waals surface area contributed by atoms with Gasteiger partial charge in [-0.1, -0.05) is 30.7 Å². The number of aromatic nitrogens is 2. The second-order valence-electron chi connectivity index (χ2n) is 8.03. The fraction of sp³-hybridized carbons (Fsp3) is 0.391. The van der Waals surface area contributed by atoms with Crippen molar-refractivity contribution in [1.82, 2.24) is 14.9 Å². The summed E-state index contributed by atoms with van der Waals surface area (Å²) in [6, 6.07) is 10.4. The minimum atomic E-state index is 0.297. The molecule has 1 aliphatic heterocycles.